The normalized spacial score (nSPS) is 16.8. The van der Waals surface area contributed by atoms with Gasteiger partial charge in [-0.3, -0.25) is 0 Å². The van der Waals surface area contributed by atoms with Crippen LogP contribution in [0.25, 0.3) is 0 Å². The van der Waals surface area contributed by atoms with E-state index in [1.165, 1.54) is 42.1 Å². The van der Waals surface area contributed by atoms with Crippen LogP contribution >= 0.6 is 24.2 Å². The average molecular weight is 258 g/mol. The standard InChI is InChI=1S/C13H19NS.ClH/c1-11-2-4-13(5-3-11)15-10-12-6-8-14-9-7-12;/h2-5,12,14H,6-10H2,1H3;1H. The van der Waals surface area contributed by atoms with Crippen molar-refractivity contribution in [1.82, 2.24) is 5.32 Å². The minimum Gasteiger partial charge on any atom is -0.317 e. The molecule has 1 aromatic carbocycles. The van der Waals surface area contributed by atoms with E-state index < -0.39 is 0 Å². The van der Waals surface area contributed by atoms with Gasteiger partial charge in [0.05, 0.1) is 0 Å². The Balaban J connectivity index is 0.00000128. The lowest BCUT2D eigenvalue weighted by atomic mass is 10.0. The molecule has 16 heavy (non-hydrogen) atoms. The average Bonchev–Trinajstić information content (AvgIpc) is 2.30. The van der Waals surface area contributed by atoms with Gasteiger partial charge in [-0.25, -0.2) is 0 Å². The zero-order valence-electron chi connectivity index (χ0n) is 9.74. The van der Waals surface area contributed by atoms with Crippen molar-refractivity contribution >= 4 is 24.2 Å². The molecule has 1 heterocycles. The third kappa shape index (κ3) is 4.36. The molecule has 0 spiro atoms. The summed E-state index contributed by atoms with van der Waals surface area (Å²) in [6, 6.07) is 8.87. The fourth-order valence-electron chi connectivity index (χ4n) is 1.90. The zero-order chi connectivity index (χ0) is 10.5. The second kappa shape index (κ2) is 7.21. The number of halogens is 1. The van der Waals surface area contributed by atoms with Gasteiger partial charge in [-0.2, -0.15) is 0 Å². The van der Waals surface area contributed by atoms with Gasteiger partial charge >= 0.3 is 0 Å². The number of piperidine rings is 1. The van der Waals surface area contributed by atoms with E-state index in [0.717, 1.165) is 5.92 Å². The van der Waals surface area contributed by atoms with E-state index in [2.05, 4.69) is 36.5 Å². The van der Waals surface area contributed by atoms with E-state index in [9.17, 15) is 0 Å². The van der Waals surface area contributed by atoms with Crippen LogP contribution in [-0.2, 0) is 0 Å². The van der Waals surface area contributed by atoms with Gasteiger partial charge in [0.1, 0.15) is 0 Å². The molecule has 0 unspecified atom stereocenters. The number of hydrogen-bond acceptors (Lipinski definition) is 2. The summed E-state index contributed by atoms with van der Waals surface area (Å²) in [6.45, 7) is 4.56. The highest BCUT2D eigenvalue weighted by molar-refractivity contribution is 7.99. The minimum atomic E-state index is 0. The van der Waals surface area contributed by atoms with Crippen LogP contribution in [0.4, 0.5) is 0 Å². The van der Waals surface area contributed by atoms with Gasteiger partial charge in [0.2, 0.25) is 0 Å². The highest BCUT2D eigenvalue weighted by Crippen LogP contribution is 2.24. The summed E-state index contributed by atoms with van der Waals surface area (Å²) >= 11 is 2.01. The first kappa shape index (κ1) is 13.9. The molecule has 1 fully saturated rings. The quantitative estimate of drug-likeness (QED) is 0.832. The SMILES string of the molecule is Cc1ccc(SCC2CCNCC2)cc1.Cl. The van der Waals surface area contributed by atoms with Crippen LogP contribution in [0.15, 0.2) is 29.2 Å². The fourth-order valence-corrected chi connectivity index (χ4v) is 2.99. The third-order valence-electron chi connectivity index (χ3n) is 2.97. The second-order valence-electron chi connectivity index (χ2n) is 4.32. The molecule has 90 valence electrons. The lowest BCUT2D eigenvalue weighted by Crippen LogP contribution is -2.28. The Labute approximate surface area is 109 Å². The van der Waals surface area contributed by atoms with Gasteiger partial charge in [0, 0.05) is 10.6 Å². The molecule has 1 saturated heterocycles. The van der Waals surface area contributed by atoms with E-state index in [0.29, 0.717) is 0 Å². The van der Waals surface area contributed by atoms with Crippen LogP contribution in [0.1, 0.15) is 18.4 Å². The summed E-state index contributed by atoms with van der Waals surface area (Å²) in [4.78, 5) is 1.42. The number of hydrogen-bond donors (Lipinski definition) is 1. The Morgan fingerprint density at radius 1 is 1.19 bits per heavy atom. The highest BCUT2D eigenvalue weighted by atomic mass is 35.5. The van der Waals surface area contributed by atoms with Crippen LogP contribution in [0.5, 0.6) is 0 Å². The Kier molecular flexibility index (Phi) is 6.25. The smallest absolute Gasteiger partial charge is 0.00722 e. The Bertz CT molecular complexity index is 293. The van der Waals surface area contributed by atoms with Gasteiger partial charge in [0.25, 0.3) is 0 Å². The van der Waals surface area contributed by atoms with Gasteiger partial charge in [-0.15, -0.1) is 24.2 Å². The Hall–Kier alpha value is -0.180. The summed E-state index contributed by atoms with van der Waals surface area (Å²) < 4.78 is 0. The summed E-state index contributed by atoms with van der Waals surface area (Å²) in [5, 5.41) is 3.41. The van der Waals surface area contributed by atoms with Crippen LogP contribution in [-0.4, -0.2) is 18.8 Å². The molecule has 0 aromatic heterocycles. The van der Waals surface area contributed by atoms with Crippen molar-refractivity contribution < 1.29 is 0 Å². The summed E-state index contributed by atoms with van der Waals surface area (Å²) in [7, 11) is 0. The van der Waals surface area contributed by atoms with E-state index >= 15 is 0 Å². The molecular formula is C13H20ClNS. The van der Waals surface area contributed by atoms with E-state index in [-0.39, 0.29) is 12.4 Å². The maximum Gasteiger partial charge on any atom is 0.00722 e. The van der Waals surface area contributed by atoms with Crippen LogP contribution < -0.4 is 5.32 Å². The Morgan fingerprint density at radius 2 is 1.81 bits per heavy atom. The molecule has 0 radical (unpaired) electrons. The predicted octanol–water partition coefficient (Wildman–Crippen LogP) is 3.51. The minimum absolute atomic E-state index is 0. The molecule has 0 amide bonds. The molecule has 1 aliphatic rings. The van der Waals surface area contributed by atoms with Crippen molar-refractivity contribution in [2.75, 3.05) is 18.8 Å². The summed E-state index contributed by atoms with van der Waals surface area (Å²) in [5.41, 5.74) is 1.35. The van der Waals surface area contributed by atoms with Gasteiger partial charge < -0.3 is 5.32 Å². The van der Waals surface area contributed by atoms with Crippen molar-refractivity contribution in [3.05, 3.63) is 29.8 Å². The molecule has 1 aliphatic heterocycles. The third-order valence-corrected chi connectivity index (χ3v) is 4.21. The summed E-state index contributed by atoms with van der Waals surface area (Å²) in [6.07, 6.45) is 2.69. The second-order valence-corrected chi connectivity index (χ2v) is 5.41. The number of rotatable bonds is 3. The number of aryl methyl sites for hydroxylation is 1. The molecule has 2 rings (SSSR count). The van der Waals surface area contributed by atoms with Crippen LogP contribution in [0.3, 0.4) is 0 Å². The molecular weight excluding hydrogens is 238 g/mol. The van der Waals surface area contributed by atoms with E-state index in [1.807, 2.05) is 11.8 Å². The Morgan fingerprint density at radius 3 is 2.44 bits per heavy atom. The topological polar surface area (TPSA) is 12.0 Å². The molecule has 3 heteroatoms. The molecule has 1 aromatic rings. The molecule has 1 N–H and O–H groups in total. The molecule has 0 bridgehead atoms. The van der Waals surface area contributed by atoms with Crippen molar-refractivity contribution in [1.29, 1.82) is 0 Å². The van der Waals surface area contributed by atoms with Gasteiger partial charge in [-0.1, -0.05) is 17.7 Å². The zero-order valence-corrected chi connectivity index (χ0v) is 11.4. The lowest BCUT2D eigenvalue weighted by Gasteiger charge is -2.22. The monoisotopic (exact) mass is 257 g/mol. The molecule has 0 atom stereocenters. The highest BCUT2D eigenvalue weighted by Gasteiger charge is 2.12. The maximum atomic E-state index is 3.41. The van der Waals surface area contributed by atoms with E-state index in [4.69, 9.17) is 0 Å². The van der Waals surface area contributed by atoms with Crippen molar-refractivity contribution in [2.45, 2.75) is 24.7 Å². The van der Waals surface area contributed by atoms with Gasteiger partial charge in [-0.05, 0) is 50.9 Å². The summed E-state index contributed by atoms with van der Waals surface area (Å²) in [5.74, 6) is 2.20. The first-order valence-electron chi connectivity index (χ1n) is 5.75. The van der Waals surface area contributed by atoms with Crippen molar-refractivity contribution in [3.8, 4) is 0 Å². The molecule has 0 aliphatic carbocycles. The lowest BCUT2D eigenvalue weighted by molar-refractivity contribution is 0.408. The van der Waals surface area contributed by atoms with Gasteiger partial charge in [0.15, 0.2) is 0 Å². The first-order chi connectivity index (χ1) is 7.34. The van der Waals surface area contributed by atoms with E-state index in [1.54, 1.807) is 0 Å². The largest absolute Gasteiger partial charge is 0.317 e. The number of nitrogens with one attached hydrogen (secondary N) is 1. The first-order valence-corrected chi connectivity index (χ1v) is 6.73. The number of thioether (sulfide) groups is 1. The van der Waals surface area contributed by atoms with Crippen LogP contribution in [0, 0.1) is 12.8 Å². The fraction of sp³-hybridized carbons (Fsp3) is 0.538. The molecule has 1 nitrogen and oxygen atoms in total. The predicted molar refractivity (Wildman–Crippen MR) is 74.7 cm³/mol. The van der Waals surface area contributed by atoms with Crippen molar-refractivity contribution in [2.24, 2.45) is 5.92 Å². The molecule has 0 saturated carbocycles. The van der Waals surface area contributed by atoms with Crippen molar-refractivity contribution in [3.63, 3.8) is 0 Å². The maximum absolute atomic E-state index is 3.41. The number of benzene rings is 1. The van der Waals surface area contributed by atoms with Crippen LogP contribution in [0.2, 0.25) is 0 Å².